The lowest BCUT2D eigenvalue weighted by atomic mass is 10.0. The summed E-state index contributed by atoms with van der Waals surface area (Å²) in [6.45, 7) is 5.22. The van der Waals surface area contributed by atoms with Gasteiger partial charge in [-0.15, -0.1) is 0 Å². The molecule has 0 fully saturated rings. The minimum Gasteiger partial charge on any atom is -0.494 e. The first kappa shape index (κ1) is 16.3. The number of halogens is 2. The van der Waals surface area contributed by atoms with Gasteiger partial charge in [0.15, 0.2) is 0 Å². The van der Waals surface area contributed by atoms with E-state index in [1.807, 2.05) is 56.3 Å². The molecule has 112 valence electrons. The third-order valence-electron chi connectivity index (χ3n) is 3.07. The van der Waals surface area contributed by atoms with Gasteiger partial charge in [-0.25, -0.2) is 0 Å². The molecule has 0 aliphatic rings. The summed E-state index contributed by atoms with van der Waals surface area (Å²) < 4.78 is 12.4. The standard InChI is InChI=1S/C17H18BrClO2/c1-3-20-14-8-5-12(6-9-14)17(21-4-2)15-11-13(18)7-10-16(15)19/h5-11,17H,3-4H2,1-2H3. The highest BCUT2D eigenvalue weighted by Crippen LogP contribution is 2.34. The van der Waals surface area contributed by atoms with Crippen molar-refractivity contribution in [3.8, 4) is 5.75 Å². The number of rotatable bonds is 6. The number of ether oxygens (including phenoxy) is 2. The van der Waals surface area contributed by atoms with Crippen LogP contribution in [0.1, 0.15) is 31.1 Å². The minimum atomic E-state index is -0.185. The largest absolute Gasteiger partial charge is 0.494 e. The maximum atomic E-state index is 6.33. The Bertz CT molecular complexity index is 584. The van der Waals surface area contributed by atoms with Crippen LogP contribution in [0.15, 0.2) is 46.9 Å². The maximum Gasteiger partial charge on any atom is 0.119 e. The average molecular weight is 370 g/mol. The Morgan fingerprint density at radius 1 is 1.05 bits per heavy atom. The smallest absolute Gasteiger partial charge is 0.119 e. The number of hydrogen-bond acceptors (Lipinski definition) is 2. The van der Waals surface area contributed by atoms with Crippen LogP contribution in [0.2, 0.25) is 5.02 Å². The molecule has 0 spiro atoms. The Kier molecular flexibility index (Phi) is 6.09. The van der Waals surface area contributed by atoms with Crippen molar-refractivity contribution >= 4 is 27.5 Å². The molecule has 0 aromatic heterocycles. The maximum absolute atomic E-state index is 6.33. The van der Waals surface area contributed by atoms with E-state index < -0.39 is 0 Å². The highest BCUT2D eigenvalue weighted by atomic mass is 79.9. The molecule has 2 nitrogen and oxygen atoms in total. The Hall–Kier alpha value is -1.03. The van der Waals surface area contributed by atoms with Crippen LogP contribution in [0.4, 0.5) is 0 Å². The summed E-state index contributed by atoms with van der Waals surface area (Å²) >= 11 is 9.82. The second-order valence-electron chi connectivity index (χ2n) is 4.50. The third-order valence-corrected chi connectivity index (χ3v) is 3.91. The van der Waals surface area contributed by atoms with Crippen molar-refractivity contribution in [1.29, 1.82) is 0 Å². The zero-order valence-electron chi connectivity index (χ0n) is 12.1. The Balaban J connectivity index is 2.35. The Morgan fingerprint density at radius 2 is 1.76 bits per heavy atom. The molecule has 0 aliphatic carbocycles. The van der Waals surface area contributed by atoms with E-state index in [0.717, 1.165) is 21.3 Å². The van der Waals surface area contributed by atoms with Gasteiger partial charge < -0.3 is 9.47 Å². The lowest BCUT2D eigenvalue weighted by Gasteiger charge is -2.20. The first-order chi connectivity index (χ1) is 10.2. The summed E-state index contributed by atoms with van der Waals surface area (Å²) in [6, 6.07) is 13.7. The number of hydrogen-bond donors (Lipinski definition) is 0. The first-order valence-corrected chi connectivity index (χ1v) is 8.12. The molecule has 1 unspecified atom stereocenters. The van der Waals surface area contributed by atoms with Gasteiger partial charge in [0.25, 0.3) is 0 Å². The van der Waals surface area contributed by atoms with Crippen LogP contribution in [0.3, 0.4) is 0 Å². The molecule has 0 amide bonds. The van der Waals surface area contributed by atoms with Crippen molar-refractivity contribution in [2.24, 2.45) is 0 Å². The highest BCUT2D eigenvalue weighted by molar-refractivity contribution is 9.10. The zero-order valence-corrected chi connectivity index (χ0v) is 14.4. The monoisotopic (exact) mass is 368 g/mol. The molecule has 0 aliphatic heterocycles. The van der Waals surface area contributed by atoms with Crippen LogP contribution in [0, 0.1) is 0 Å². The van der Waals surface area contributed by atoms with Crippen LogP contribution < -0.4 is 4.74 Å². The summed E-state index contributed by atoms with van der Waals surface area (Å²) in [5.74, 6) is 0.858. The molecule has 2 aromatic carbocycles. The van der Waals surface area contributed by atoms with Gasteiger partial charge in [-0.3, -0.25) is 0 Å². The minimum absolute atomic E-state index is 0.185. The second kappa shape index (κ2) is 7.83. The molecule has 1 atom stereocenters. The van der Waals surface area contributed by atoms with Crippen LogP contribution >= 0.6 is 27.5 Å². The normalized spacial score (nSPS) is 12.2. The predicted octanol–water partition coefficient (Wildman–Crippen LogP) is 5.63. The molecule has 21 heavy (non-hydrogen) atoms. The van der Waals surface area contributed by atoms with E-state index in [1.54, 1.807) is 0 Å². The molecular formula is C17H18BrClO2. The summed E-state index contributed by atoms with van der Waals surface area (Å²) in [5, 5.41) is 0.700. The van der Waals surface area contributed by atoms with Gasteiger partial charge in [-0.05, 0) is 49.7 Å². The second-order valence-corrected chi connectivity index (χ2v) is 5.83. The highest BCUT2D eigenvalue weighted by Gasteiger charge is 2.18. The molecule has 0 heterocycles. The zero-order chi connectivity index (χ0) is 15.2. The molecular weight excluding hydrogens is 352 g/mol. The fourth-order valence-corrected chi connectivity index (χ4v) is 2.75. The quantitative estimate of drug-likeness (QED) is 0.657. The molecule has 0 saturated heterocycles. The third kappa shape index (κ3) is 4.22. The first-order valence-electron chi connectivity index (χ1n) is 6.95. The topological polar surface area (TPSA) is 18.5 Å². The van der Waals surface area contributed by atoms with Gasteiger partial charge in [0, 0.05) is 21.7 Å². The van der Waals surface area contributed by atoms with Gasteiger partial charge >= 0.3 is 0 Å². The van der Waals surface area contributed by atoms with E-state index in [-0.39, 0.29) is 6.10 Å². The summed E-state index contributed by atoms with van der Waals surface area (Å²) in [6.07, 6.45) is -0.185. The lowest BCUT2D eigenvalue weighted by Crippen LogP contribution is -2.07. The van der Waals surface area contributed by atoms with Crippen LogP contribution in [-0.4, -0.2) is 13.2 Å². The van der Waals surface area contributed by atoms with Gasteiger partial charge in [0.1, 0.15) is 11.9 Å². The SMILES string of the molecule is CCOc1ccc(C(OCC)c2cc(Br)ccc2Cl)cc1. The molecule has 0 N–H and O–H groups in total. The van der Waals surface area contributed by atoms with Crippen molar-refractivity contribution < 1.29 is 9.47 Å². The Morgan fingerprint density at radius 3 is 2.38 bits per heavy atom. The predicted molar refractivity (Wildman–Crippen MR) is 90.2 cm³/mol. The van der Waals surface area contributed by atoms with E-state index in [1.165, 1.54) is 0 Å². The fraction of sp³-hybridized carbons (Fsp3) is 0.294. The Labute approximate surface area is 139 Å². The average Bonchev–Trinajstić information content (AvgIpc) is 2.49. The molecule has 2 aromatic rings. The molecule has 2 rings (SSSR count). The summed E-state index contributed by atoms with van der Waals surface area (Å²) in [4.78, 5) is 0. The van der Waals surface area contributed by atoms with E-state index in [4.69, 9.17) is 21.1 Å². The van der Waals surface area contributed by atoms with Crippen LogP contribution in [-0.2, 0) is 4.74 Å². The number of benzene rings is 2. The molecule has 0 bridgehead atoms. The van der Waals surface area contributed by atoms with Gasteiger partial charge in [0.05, 0.1) is 6.61 Å². The van der Waals surface area contributed by atoms with Gasteiger partial charge in [0.2, 0.25) is 0 Å². The molecule has 0 radical (unpaired) electrons. The van der Waals surface area contributed by atoms with E-state index in [9.17, 15) is 0 Å². The lowest BCUT2D eigenvalue weighted by molar-refractivity contribution is 0.0913. The van der Waals surface area contributed by atoms with Crippen LogP contribution in [0.5, 0.6) is 5.75 Å². The fourth-order valence-electron chi connectivity index (χ4n) is 2.15. The van der Waals surface area contributed by atoms with E-state index in [2.05, 4.69) is 15.9 Å². The van der Waals surface area contributed by atoms with Crippen molar-refractivity contribution in [2.45, 2.75) is 20.0 Å². The summed E-state index contributed by atoms with van der Waals surface area (Å²) in [7, 11) is 0. The van der Waals surface area contributed by atoms with Crippen molar-refractivity contribution in [1.82, 2.24) is 0 Å². The van der Waals surface area contributed by atoms with Crippen LogP contribution in [0.25, 0.3) is 0 Å². The molecule has 0 saturated carbocycles. The van der Waals surface area contributed by atoms with Gasteiger partial charge in [-0.2, -0.15) is 0 Å². The molecule has 4 heteroatoms. The van der Waals surface area contributed by atoms with E-state index >= 15 is 0 Å². The van der Waals surface area contributed by atoms with Crippen molar-refractivity contribution in [3.05, 3.63) is 63.1 Å². The van der Waals surface area contributed by atoms with Crippen molar-refractivity contribution in [2.75, 3.05) is 13.2 Å². The van der Waals surface area contributed by atoms with E-state index in [0.29, 0.717) is 18.2 Å². The van der Waals surface area contributed by atoms with Gasteiger partial charge in [-0.1, -0.05) is 39.7 Å². The van der Waals surface area contributed by atoms with Crippen molar-refractivity contribution in [3.63, 3.8) is 0 Å². The summed E-state index contributed by atoms with van der Waals surface area (Å²) in [5.41, 5.74) is 2.01.